The molecule has 3 rings (SSSR count). The molecule has 1 N–H and O–H groups in total. The van der Waals surface area contributed by atoms with Crippen LogP contribution in [0.15, 0.2) is 66.7 Å². The molecule has 1 amide bonds. The molecule has 0 radical (unpaired) electrons. The van der Waals surface area contributed by atoms with Crippen LogP contribution in [0.2, 0.25) is 0 Å². The van der Waals surface area contributed by atoms with Crippen molar-refractivity contribution in [3.05, 3.63) is 72.3 Å². The van der Waals surface area contributed by atoms with Gasteiger partial charge in [0.2, 0.25) is 0 Å². The molecule has 3 aromatic rings. The topological polar surface area (TPSA) is 73.9 Å². The van der Waals surface area contributed by atoms with Crippen LogP contribution in [0.1, 0.15) is 5.56 Å². The third kappa shape index (κ3) is 5.13. The van der Waals surface area contributed by atoms with Crippen molar-refractivity contribution >= 4 is 34.4 Å². The molecule has 6 nitrogen and oxygen atoms in total. The largest absolute Gasteiger partial charge is 0.493 e. The predicted octanol–water partition coefficient (Wildman–Crippen LogP) is 4.05. The summed E-state index contributed by atoms with van der Waals surface area (Å²) in [5.41, 5.74) is 1.41. The zero-order chi connectivity index (χ0) is 20.6. The van der Waals surface area contributed by atoms with Crippen molar-refractivity contribution in [1.82, 2.24) is 0 Å². The zero-order valence-corrected chi connectivity index (χ0v) is 16.2. The average molecular weight is 391 g/mol. The number of carbonyl (C=O) groups is 2. The van der Waals surface area contributed by atoms with Gasteiger partial charge in [0.1, 0.15) is 0 Å². The Kier molecular flexibility index (Phi) is 6.47. The number of amides is 1. The predicted molar refractivity (Wildman–Crippen MR) is 112 cm³/mol. The van der Waals surface area contributed by atoms with Crippen LogP contribution in [0.4, 0.5) is 5.69 Å². The number of ether oxygens (including phenoxy) is 3. The Hall–Kier alpha value is -3.80. The van der Waals surface area contributed by atoms with Gasteiger partial charge in [0.15, 0.2) is 18.1 Å². The van der Waals surface area contributed by atoms with Gasteiger partial charge in [-0.25, -0.2) is 4.79 Å². The first-order valence-electron chi connectivity index (χ1n) is 8.95. The molecule has 148 valence electrons. The Bertz CT molecular complexity index is 1050. The van der Waals surface area contributed by atoms with Gasteiger partial charge in [0.05, 0.1) is 14.2 Å². The number of methoxy groups -OCH3 is 2. The molecule has 3 aromatic carbocycles. The highest BCUT2D eigenvalue weighted by atomic mass is 16.5. The van der Waals surface area contributed by atoms with Crippen LogP contribution >= 0.6 is 0 Å². The van der Waals surface area contributed by atoms with Gasteiger partial charge in [-0.3, -0.25) is 4.79 Å². The number of hydrogen-bond acceptors (Lipinski definition) is 5. The Balaban J connectivity index is 1.56. The van der Waals surface area contributed by atoms with Crippen molar-refractivity contribution < 1.29 is 23.8 Å². The maximum absolute atomic E-state index is 12.1. The van der Waals surface area contributed by atoms with Gasteiger partial charge in [0, 0.05) is 17.1 Å². The molecule has 0 aliphatic heterocycles. The molecule has 0 fully saturated rings. The number of esters is 1. The molecule has 0 saturated heterocycles. The second-order valence-electron chi connectivity index (χ2n) is 6.13. The molecule has 0 unspecified atom stereocenters. The van der Waals surface area contributed by atoms with Crippen molar-refractivity contribution in [3.63, 3.8) is 0 Å². The third-order valence-electron chi connectivity index (χ3n) is 4.23. The van der Waals surface area contributed by atoms with Crippen LogP contribution in [0.3, 0.4) is 0 Å². The van der Waals surface area contributed by atoms with E-state index < -0.39 is 11.9 Å². The summed E-state index contributed by atoms with van der Waals surface area (Å²) < 4.78 is 15.4. The lowest BCUT2D eigenvalue weighted by molar-refractivity contribution is -0.142. The monoisotopic (exact) mass is 391 g/mol. The Labute approximate surface area is 168 Å². The van der Waals surface area contributed by atoms with Gasteiger partial charge in [-0.2, -0.15) is 0 Å². The lowest BCUT2D eigenvalue weighted by Crippen LogP contribution is -2.20. The van der Waals surface area contributed by atoms with E-state index in [0.717, 1.165) is 16.3 Å². The van der Waals surface area contributed by atoms with Gasteiger partial charge in [-0.05, 0) is 35.2 Å². The summed E-state index contributed by atoms with van der Waals surface area (Å²) in [5, 5.41) is 4.70. The fourth-order valence-corrected chi connectivity index (χ4v) is 2.83. The van der Waals surface area contributed by atoms with Crippen molar-refractivity contribution in [2.45, 2.75) is 0 Å². The zero-order valence-electron chi connectivity index (χ0n) is 16.2. The molecule has 0 aromatic heterocycles. The first-order chi connectivity index (χ1) is 14.1. The summed E-state index contributed by atoms with van der Waals surface area (Å²) >= 11 is 0. The van der Waals surface area contributed by atoms with Crippen molar-refractivity contribution in [3.8, 4) is 11.5 Å². The van der Waals surface area contributed by atoms with Crippen molar-refractivity contribution in [2.75, 3.05) is 26.1 Å². The Morgan fingerprint density at radius 2 is 1.69 bits per heavy atom. The van der Waals surface area contributed by atoms with Crippen LogP contribution < -0.4 is 14.8 Å². The minimum absolute atomic E-state index is 0.377. The van der Waals surface area contributed by atoms with E-state index in [4.69, 9.17) is 14.2 Å². The molecule has 0 aliphatic carbocycles. The molecular formula is C23H21NO5. The maximum atomic E-state index is 12.1. The lowest BCUT2D eigenvalue weighted by atomic mass is 10.1. The third-order valence-corrected chi connectivity index (χ3v) is 4.23. The number of fused-ring (bicyclic) bond motifs is 1. The summed E-state index contributed by atoms with van der Waals surface area (Å²) in [7, 11) is 3.09. The van der Waals surface area contributed by atoms with Crippen LogP contribution in [-0.4, -0.2) is 32.7 Å². The number of rotatable bonds is 7. The van der Waals surface area contributed by atoms with Crippen LogP contribution in [-0.2, 0) is 14.3 Å². The SMILES string of the molecule is COc1ccc(C=CC(=O)OCC(=O)Nc2cccc3ccccc23)cc1OC. The normalized spacial score (nSPS) is 10.7. The van der Waals surface area contributed by atoms with Crippen molar-refractivity contribution in [2.24, 2.45) is 0 Å². The van der Waals surface area contributed by atoms with E-state index >= 15 is 0 Å². The molecule has 0 heterocycles. The lowest BCUT2D eigenvalue weighted by Gasteiger charge is -2.09. The quantitative estimate of drug-likeness (QED) is 0.486. The number of anilines is 1. The highest BCUT2D eigenvalue weighted by Gasteiger charge is 2.08. The molecular weight excluding hydrogens is 370 g/mol. The number of hydrogen-bond donors (Lipinski definition) is 1. The summed E-state index contributed by atoms with van der Waals surface area (Å²) in [4.78, 5) is 24.1. The van der Waals surface area contributed by atoms with E-state index in [0.29, 0.717) is 17.2 Å². The van der Waals surface area contributed by atoms with E-state index in [1.807, 2.05) is 36.4 Å². The number of benzene rings is 3. The molecule has 0 spiro atoms. The van der Waals surface area contributed by atoms with Gasteiger partial charge in [-0.15, -0.1) is 0 Å². The Morgan fingerprint density at radius 3 is 2.48 bits per heavy atom. The second kappa shape index (κ2) is 9.41. The van der Waals surface area contributed by atoms with Gasteiger partial charge < -0.3 is 19.5 Å². The van der Waals surface area contributed by atoms with E-state index in [2.05, 4.69) is 5.32 Å². The summed E-state index contributed by atoms with van der Waals surface area (Å²) in [6.07, 6.45) is 2.83. The molecule has 0 atom stereocenters. The molecule has 29 heavy (non-hydrogen) atoms. The molecule has 6 heteroatoms. The second-order valence-corrected chi connectivity index (χ2v) is 6.13. The standard InChI is InChI=1S/C23H21NO5/c1-27-20-12-10-16(14-21(20)28-2)11-13-23(26)29-15-22(25)24-19-9-5-7-17-6-3-4-8-18(17)19/h3-14H,15H2,1-2H3,(H,24,25). The average Bonchev–Trinajstić information content (AvgIpc) is 2.76. The molecule has 0 aliphatic rings. The maximum Gasteiger partial charge on any atom is 0.331 e. The first-order valence-corrected chi connectivity index (χ1v) is 8.95. The highest BCUT2D eigenvalue weighted by molar-refractivity contribution is 6.03. The van der Waals surface area contributed by atoms with E-state index in [1.165, 1.54) is 13.2 Å². The van der Waals surface area contributed by atoms with E-state index in [1.54, 1.807) is 37.5 Å². The van der Waals surface area contributed by atoms with E-state index in [-0.39, 0.29) is 6.61 Å². The molecule has 0 bridgehead atoms. The summed E-state index contributed by atoms with van der Waals surface area (Å²) in [6.45, 7) is -0.377. The summed E-state index contributed by atoms with van der Waals surface area (Å²) in [5.74, 6) is 0.122. The minimum atomic E-state index is -0.618. The fraction of sp³-hybridized carbons (Fsp3) is 0.130. The fourth-order valence-electron chi connectivity index (χ4n) is 2.83. The van der Waals surface area contributed by atoms with Gasteiger partial charge in [0.25, 0.3) is 5.91 Å². The Morgan fingerprint density at radius 1 is 0.931 bits per heavy atom. The highest BCUT2D eigenvalue weighted by Crippen LogP contribution is 2.28. The van der Waals surface area contributed by atoms with Crippen LogP contribution in [0.5, 0.6) is 11.5 Å². The van der Waals surface area contributed by atoms with Gasteiger partial charge in [-0.1, -0.05) is 42.5 Å². The molecule has 0 saturated carbocycles. The first kappa shape index (κ1) is 19.9. The van der Waals surface area contributed by atoms with Crippen molar-refractivity contribution in [1.29, 1.82) is 0 Å². The van der Waals surface area contributed by atoms with Crippen LogP contribution in [0.25, 0.3) is 16.8 Å². The van der Waals surface area contributed by atoms with Gasteiger partial charge >= 0.3 is 5.97 Å². The number of nitrogens with one attached hydrogen (secondary N) is 1. The minimum Gasteiger partial charge on any atom is -0.493 e. The summed E-state index contributed by atoms with van der Waals surface area (Å²) in [6, 6.07) is 18.6. The van der Waals surface area contributed by atoms with E-state index in [9.17, 15) is 9.59 Å². The number of carbonyl (C=O) groups excluding carboxylic acids is 2. The smallest absolute Gasteiger partial charge is 0.331 e. The van der Waals surface area contributed by atoms with Crippen LogP contribution in [0, 0.1) is 0 Å².